The predicted molar refractivity (Wildman–Crippen MR) is 129 cm³/mol. The lowest BCUT2D eigenvalue weighted by Crippen LogP contribution is -2.11. The molecule has 5 rings (SSSR count). The van der Waals surface area contributed by atoms with Crippen LogP contribution in [0.15, 0.2) is 91.0 Å². The Morgan fingerprint density at radius 2 is 1.66 bits per heavy atom. The molecule has 4 aromatic carbocycles. The fourth-order valence-electron chi connectivity index (χ4n) is 4.31. The number of rotatable bonds is 6. The number of ether oxygens (including phenoxy) is 1. The number of hydrogen-bond donors (Lipinski definition) is 1. The zero-order valence-corrected chi connectivity index (χ0v) is 17.9. The van der Waals surface area contributed by atoms with Crippen LogP contribution < -0.4 is 10.5 Å². The maximum absolute atomic E-state index is 12.2. The number of para-hydroxylation sites is 2. The zero-order valence-electron chi connectivity index (χ0n) is 17.9. The van der Waals surface area contributed by atoms with Gasteiger partial charge in [0.25, 0.3) is 0 Å². The molecule has 0 aliphatic carbocycles. The van der Waals surface area contributed by atoms with E-state index >= 15 is 0 Å². The third-order valence-corrected chi connectivity index (χ3v) is 5.90. The number of nitrogens with zero attached hydrogens (tertiary/aromatic N) is 1. The lowest BCUT2D eigenvalue weighted by atomic mass is 10.0. The van der Waals surface area contributed by atoms with Crippen molar-refractivity contribution in [3.05, 3.63) is 108 Å². The van der Waals surface area contributed by atoms with Crippen molar-refractivity contribution in [3.63, 3.8) is 0 Å². The van der Waals surface area contributed by atoms with Crippen LogP contribution in [0, 0.1) is 0 Å². The van der Waals surface area contributed by atoms with Gasteiger partial charge in [-0.3, -0.25) is 4.79 Å². The Labute approximate surface area is 186 Å². The molecule has 0 atom stereocenters. The van der Waals surface area contributed by atoms with Crippen molar-refractivity contribution in [2.75, 3.05) is 0 Å². The highest BCUT2D eigenvalue weighted by atomic mass is 16.5. The van der Waals surface area contributed by atoms with Crippen LogP contribution in [0.3, 0.4) is 0 Å². The van der Waals surface area contributed by atoms with Gasteiger partial charge >= 0.3 is 0 Å². The van der Waals surface area contributed by atoms with Crippen molar-refractivity contribution in [3.8, 4) is 11.5 Å². The van der Waals surface area contributed by atoms with Crippen molar-refractivity contribution in [1.82, 2.24) is 4.57 Å². The normalized spacial score (nSPS) is 11.2. The molecule has 0 unspecified atom stereocenters. The van der Waals surface area contributed by atoms with Gasteiger partial charge in [0.15, 0.2) is 0 Å². The molecule has 1 amide bonds. The van der Waals surface area contributed by atoms with E-state index in [1.807, 2.05) is 60.7 Å². The van der Waals surface area contributed by atoms with E-state index in [-0.39, 0.29) is 0 Å². The quantitative estimate of drug-likeness (QED) is 0.351. The van der Waals surface area contributed by atoms with Crippen LogP contribution >= 0.6 is 0 Å². The van der Waals surface area contributed by atoms with Crippen LogP contribution in [-0.4, -0.2) is 10.5 Å². The lowest BCUT2D eigenvalue weighted by molar-refractivity contribution is 0.100. The predicted octanol–water partition coefficient (Wildman–Crippen LogP) is 6.30. The molecule has 5 aromatic rings. The van der Waals surface area contributed by atoms with Crippen molar-refractivity contribution < 1.29 is 9.53 Å². The van der Waals surface area contributed by atoms with Crippen LogP contribution in [0.2, 0.25) is 0 Å². The molecule has 1 heterocycles. The minimum absolute atomic E-state index is 0.415. The molecular weight excluding hydrogens is 396 g/mol. The molecule has 32 heavy (non-hydrogen) atoms. The molecule has 1 aromatic heterocycles. The molecule has 0 saturated heterocycles. The van der Waals surface area contributed by atoms with Gasteiger partial charge in [-0.15, -0.1) is 0 Å². The summed E-state index contributed by atoms with van der Waals surface area (Å²) in [6, 6.07) is 30.0. The van der Waals surface area contributed by atoms with Crippen LogP contribution in [0.1, 0.15) is 28.4 Å². The van der Waals surface area contributed by atoms with Crippen LogP contribution in [0.5, 0.6) is 11.5 Å². The van der Waals surface area contributed by atoms with Crippen molar-refractivity contribution in [2.24, 2.45) is 5.73 Å². The average Bonchev–Trinajstić information content (AvgIpc) is 3.13. The molecule has 0 fully saturated rings. The first-order valence-electron chi connectivity index (χ1n) is 10.8. The maximum atomic E-state index is 12.2. The van der Waals surface area contributed by atoms with Crippen LogP contribution in [0.4, 0.5) is 0 Å². The molecule has 2 N–H and O–H groups in total. The summed E-state index contributed by atoms with van der Waals surface area (Å²) < 4.78 is 8.46. The minimum Gasteiger partial charge on any atom is -0.457 e. The second-order valence-corrected chi connectivity index (χ2v) is 7.88. The highest BCUT2D eigenvalue weighted by Crippen LogP contribution is 2.34. The monoisotopic (exact) mass is 420 g/mol. The van der Waals surface area contributed by atoms with E-state index in [1.165, 1.54) is 5.56 Å². The average molecular weight is 421 g/mol. The van der Waals surface area contributed by atoms with Crippen LogP contribution in [-0.2, 0) is 13.0 Å². The fourth-order valence-corrected chi connectivity index (χ4v) is 4.31. The van der Waals surface area contributed by atoms with E-state index in [2.05, 4.69) is 35.8 Å². The Morgan fingerprint density at radius 3 is 2.44 bits per heavy atom. The van der Waals surface area contributed by atoms with Gasteiger partial charge in [-0.25, -0.2) is 0 Å². The van der Waals surface area contributed by atoms with Gasteiger partial charge in [-0.2, -0.15) is 0 Å². The third kappa shape index (κ3) is 3.50. The van der Waals surface area contributed by atoms with Gasteiger partial charge in [0.05, 0.1) is 12.1 Å². The Kier molecular flexibility index (Phi) is 5.12. The molecule has 158 valence electrons. The van der Waals surface area contributed by atoms with Crippen molar-refractivity contribution in [1.29, 1.82) is 0 Å². The number of nitrogens with two attached hydrogens (primary N) is 1. The molecule has 4 nitrogen and oxygen atoms in total. The highest BCUT2D eigenvalue weighted by Gasteiger charge is 2.18. The van der Waals surface area contributed by atoms with E-state index in [9.17, 15) is 4.79 Å². The SMILES string of the molecule is CCc1ccc2c3c(C(N)=O)cccc3n(Cc3ccccc3Oc3ccccc3)c2c1. The van der Waals surface area contributed by atoms with E-state index < -0.39 is 5.91 Å². The minimum atomic E-state index is -0.415. The van der Waals surface area contributed by atoms with Crippen molar-refractivity contribution >= 4 is 27.7 Å². The number of carbonyl (C=O) groups is 1. The zero-order chi connectivity index (χ0) is 22.1. The number of hydrogen-bond acceptors (Lipinski definition) is 2. The van der Waals surface area contributed by atoms with E-state index in [0.29, 0.717) is 12.1 Å². The number of benzene rings is 4. The summed E-state index contributed by atoms with van der Waals surface area (Å²) in [5, 5.41) is 1.94. The Morgan fingerprint density at radius 1 is 0.875 bits per heavy atom. The van der Waals surface area contributed by atoms with Crippen LogP contribution in [0.25, 0.3) is 21.8 Å². The Bertz CT molecular complexity index is 1430. The summed E-state index contributed by atoms with van der Waals surface area (Å²) in [5.74, 6) is 1.19. The Balaban J connectivity index is 1.70. The summed E-state index contributed by atoms with van der Waals surface area (Å²) in [5.41, 5.74) is 10.7. The number of carbonyl (C=O) groups excluding carboxylic acids is 1. The summed E-state index contributed by atoms with van der Waals surface area (Å²) >= 11 is 0. The number of aryl methyl sites for hydroxylation is 1. The first kappa shape index (κ1) is 19.9. The van der Waals surface area contributed by atoms with E-state index in [4.69, 9.17) is 10.5 Å². The fraction of sp³-hybridized carbons (Fsp3) is 0.107. The summed E-state index contributed by atoms with van der Waals surface area (Å²) in [7, 11) is 0. The van der Waals surface area contributed by atoms with Gasteiger partial charge in [-0.05, 0) is 48.4 Å². The van der Waals surface area contributed by atoms with Gasteiger partial charge in [-0.1, -0.05) is 61.5 Å². The molecule has 0 spiro atoms. The summed E-state index contributed by atoms with van der Waals surface area (Å²) in [6.07, 6.45) is 0.938. The molecule has 0 saturated carbocycles. The first-order chi connectivity index (χ1) is 15.7. The highest BCUT2D eigenvalue weighted by molar-refractivity contribution is 6.18. The maximum Gasteiger partial charge on any atom is 0.249 e. The molecule has 4 heteroatoms. The molecule has 0 radical (unpaired) electrons. The largest absolute Gasteiger partial charge is 0.457 e. The second-order valence-electron chi connectivity index (χ2n) is 7.88. The molecule has 0 aliphatic rings. The molecule has 0 bridgehead atoms. The third-order valence-electron chi connectivity index (χ3n) is 5.90. The lowest BCUT2D eigenvalue weighted by Gasteiger charge is -2.14. The number of fused-ring (bicyclic) bond motifs is 3. The van der Waals surface area contributed by atoms with Gasteiger partial charge < -0.3 is 15.0 Å². The molecule has 0 aliphatic heterocycles. The van der Waals surface area contributed by atoms with Gasteiger partial charge in [0.1, 0.15) is 11.5 Å². The van der Waals surface area contributed by atoms with E-state index in [1.54, 1.807) is 6.07 Å². The second kappa shape index (κ2) is 8.23. The smallest absolute Gasteiger partial charge is 0.249 e. The van der Waals surface area contributed by atoms with E-state index in [0.717, 1.165) is 45.3 Å². The van der Waals surface area contributed by atoms with Gasteiger partial charge in [0, 0.05) is 27.4 Å². The summed E-state index contributed by atoms with van der Waals surface area (Å²) in [6.45, 7) is 2.75. The standard InChI is InChI=1S/C28H24N2O2/c1-2-19-15-16-22-25(17-19)30(24-13-8-12-23(27(22)24)28(29)31)18-20-9-6-7-14-26(20)32-21-10-4-3-5-11-21/h3-17H,2,18H2,1H3,(H2,29,31). The first-order valence-corrected chi connectivity index (χ1v) is 10.8. The van der Waals surface area contributed by atoms with Crippen molar-refractivity contribution in [2.45, 2.75) is 19.9 Å². The molecular formula is C28H24N2O2. The summed E-state index contributed by atoms with van der Waals surface area (Å²) in [4.78, 5) is 12.2. The van der Waals surface area contributed by atoms with Gasteiger partial charge in [0.2, 0.25) is 5.91 Å². The Hall–Kier alpha value is -4.05. The number of aromatic nitrogens is 1. The number of amides is 1. The number of primary amides is 1. The topological polar surface area (TPSA) is 57.2 Å².